The Morgan fingerprint density at radius 2 is 1.95 bits per heavy atom. The van der Waals surface area contributed by atoms with Crippen LogP contribution in [-0.2, 0) is 0 Å². The highest BCUT2D eigenvalue weighted by atomic mass is 16.1. The molecule has 0 heterocycles. The third-order valence-electron chi connectivity index (χ3n) is 3.34. The molecule has 0 aromatic heterocycles. The topological polar surface area (TPSA) is 55.1 Å². The van der Waals surface area contributed by atoms with Crippen molar-refractivity contribution < 1.29 is 4.79 Å². The quantitative estimate of drug-likeness (QED) is 0.864. The van der Waals surface area contributed by atoms with Crippen LogP contribution in [0.5, 0.6) is 0 Å². The molecule has 2 aromatic carbocycles. The number of benzene rings is 2. The molecule has 3 heteroatoms. The summed E-state index contributed by atoms with van der Waals surface area (Å²) in [6.07, 6.45) is 1.75. The lowest BCUT2D eigenvalue weighted by Gasteiger charge is -2.10. The summed E-state index contributed by atoms with van der Waals surface area (Å²) in [4.78, 5) is 12.0. The molecule has 0 radical (unpaired) electrons. The summed E-state index contributed by atoms with van der Waals surface area (Å²) in [6.45, 7) is 2.68. The Kier molecular flexibility index (Phi) is 4.53. The molecule has 0 aliphatic heterocycles. The Morgan fingerprint density at radius 1 is 1.21 bits per heavy atom. The molecule has 1 amide bonds. The van der Waals surface area contributed by atoms with Gasteiger partial charge in [0.15, 0.2) is 0 Å². The van der Waals surface area contributed by atoms with Crippen LogP contribution in [0.1, 0.15) is 30.1 Å². The minimum atomic E-state index is -0.0333. The Morgan fingerprint density at radius 3 is 2.68 bits per heavy atom. The first-order chi connectivity index (χ1) is 9.20. The van der Waals surface area contributed by atoms with Gasteiger partial charge in [-0.05, 0) is 35.7 Å². The summed E-state index contributed by atoms with van der Waals surface area (Å²) >= 11 is 0. The number of nitrogens with two attached hydrogens (primary N) is 1. The predicted molar refractivity (Wildman–Crippen MR) is 79.2 cm³/mol. The van der Waals surface area contributed by atoms with E-state index < -0.39 is 0 Å². The van der Waals surface area contributed by atoms with Crippen molar-refractivity contribution >= 4 is 16.7 Å². The van der Waals surface area contributed by atoms with Crippen LogP contribution in [0.2, 0.25) is 0 Å². The van der Waals surface area contributed by atoms with Crippen LogP contribution >= 0.6 is 0 Å². The average molecular weight is 256 g/mol. The van der Waals surface area contributed by atoms with Crippen molar-refractivity contribution in [2.75, 3.05) is 6.54 Å². The number of carbonyl (C=O) groups excluding carboxylic acids is 1. The molecular weight excluding hydrogens is 236 g/mol. The van der Waals surface area contributed by atoms with Gasteiger partial charge in [-0.15, -0.1) is 0 Å². The largest absolute Gasteiger partial charge is 0.352 e. The smallest absolute Gasteiger partial charge is 0.251 e. The molecule has 100 valence electrons. The number of hydrogen-bond donors (Lipinski definition) is 2. The van der Waals surface area contributed by atoms with E-state index in [0.717, 1.165) is 23.6 Å². The van der Waals surface area contributed by atoms with Gasteiger partial charge in [0.25, 0.3) is 5.91 Å². The molecule has 0 fully saturated rings. The molecule has 2 rings (SSSR count). The van der Waals surface area contributed by atoms with Gasteiger partial charge >= 0.3 is 0 Å². The summed E-state index contributed by atoms with van der Waals surface area (Å²) < 4.78 is 0. The lowest BCUT2D eigenvalue weighted by Crippen LogP contribution is -2.30. The first kappa shape index (κ1) is 13.6. The van der Waals surface area contributed by atoms with Crippen molar-refractivity contribution in [2.24, 2.45) is 5.73 Å². The van der Waals surface area contributed by atoms with E-state index in [1.165, 1.54) is 0 Å². The van der Waals surface area contributed by atoms with Crippen LogP contribution in [-0.4, -0.2) is 18.5 Å². The van der Waals surface area contributed by atoms with Gasteiger partial charge in [0, 0.05) is 18.2 Å². The first-order valence-corrected chi connectivity index (χ1v) is 6.73. The first-order valence-electron chi connectivity index (χ1n) is 6.73. The van der Waals surface area contributed by atoms with Crippen molar-refractivity contribution in [1.82, 2.24) is 5.32 Å². The van der Waals surface area contributed by atoms with Crippen LogP contribution in [0, 0.1) is 0 Å². The van der Waals surface area contributed by atoms with E-state index in [4.69, 9.17) is 5.73 Å². The minimum absolute atomic E-state index is 0.0333. The third kappa shape index (κ3) is 3.55. The molecular formula is C16H20N2O. The maximum absolute atomic E-state index is 12.0. The number of amides is 1. The van der Waals surface area contributed by atoms with E-state index in [1.54, 1.807) is 0 Å². The highest BCUT2D eigenvalue weighted by Gasteiger charge is 2.06. The maximum Gasteiger partial charge on any atom is 0.251 e. The Hall–Kier alpha value is -1.87. The summed E-state index contributed by atoms with van der Waals surface area (Å²) in [5, 5.41) is 5.14. The third-order valence-corrected chi connectivity index (χ3v) is 3.34. The van der Waals surface area contributed by atoms with E-state index in [-0.39, 0.29) is 11.9 Å². The standard InChI is InChI=1S/C16H20N2O/c1-2-15(17)9-10-18-16(19)14-8-7-12-5-3-4-6-13(12)11-14/h3-8,11,15H,2,9-10,17H2,1H3,(H,18,19). The summed E-state index contributed by atoms with van der Waals surface area (Å²) in [5.41, 5.74) is 6.52. The molecule has 1 unspecified atom stereocenters. The van der Waals surface area contributed by atoms with Gasteiger partial charge in [0.2, 0.25) is 0 Å². The van der Waals surface area contributed by atoms with Crippen molar-refractivity contribution in [3.8, 4) is 0 Å². The van der Waals surface area contributed by atoms with Gasteiger partial charge < -0.3 is 11.1 Å². The molecule has 0 aliphatic carbocycles. The minimum Gasteiger partial charge on any atom is -0.352 e. The van der Waals surface area contributed by atoms with E-state index in [1.807, 2.05) is 42.5 Å². The van der Waals surface area contributed by atoms with E-state index >= 15 is 0 Å². The predicted octanol–water partition coefficient (Wildman–Crippen LogP) is 2.70. The van der Waals surface area contributed by atoms with Gasteiger partial charge in [0.05, 0.1) is 0 Å². The fraction of sp³-hybridized carbons (Fsp3) is 0.312. The summed E-state index contributed by atoms with van der Waals surface area (Å²) in [6, 6.07) is 13.9. The zero-order chi connectivity index (χ0) is 13.7. The normalized spacial score (nSPS) is 12.3. The Labute approximate surface area is 113 Å². The monoisotopic (exact) mass is 256 g/mol. The highest BCUT2D eigenvalue weighted by molar-refractivity contribution is 5.98. The number of fused-ring (bicyclic) bond motifs is 1. The maximum atomic E-state index is 12.0. The van der Waals surface area contributed by atoms with E-state index in [2.05, 4.69) is 12.2 Å². The SMILES string of the molecule is CCC(N)CCNC(=O)c1ccc2ccccc2c1. The van der Waals surface area contributed by atoms with Crippen molar-refractivity contribution in [3.63, 3.8) is 0 Å². The van der Waals surface area contributed by atoms with Gasteiger partial charge in [-0.25, -0.2) is 0 Å². The molecule has 0 saturated carbocycles. The fourth-order valence-corrected chi connectivity index (χ4v) is 2.01. The molecule has 3 N–H and O–H groups in total. The zero-order valence-corrected chi connectivity index (χ0v) is 11.2. The zero-order valence-electron chi connectivity index (χ0n) is 11.2. The van der Waals surface area contributed by atoms with Crippen molar-refractivity contribution in [2.45, 2.75) is 25.8 Å². The second kappa shape index (κ2) is 6.34. The Balaban J connectivity index is 2.01. The molecule has 1 atom stereocenters. The molecule has 3 nitrogen and oxygen atoms in total. The van der Waals surface area contributed by atoms with Crippen molar-refractivity contribution in [3.05, 3.63) is 48.0 Å². The highest BCUT2D eigenvalue weighted by Crippen LogP contribution is 2.15. The van der Waals surface area contributed by atoms with Crippen LogP contribution < -0.4 is 11.1 Å². The average Bonchev–Trinajstić information content (AvgIpc) is 2.46. The van der Waals surface area contributed by atoms with Crippen LogP contribution in [0.15, 0.2) is 42.5 Å². The summed E-state index contributed by atoms with van der Waals surface area (Å²) in [7, 11) is 0. The van der Waals surface area contributed by atoms with Crippen LogP contribution in [0.3, 0.4) is 0 Å². The van der Waals surface area contributed by atoms with Gasteiger partial charge in [-0.2, -0.15) is 0 Å². The van der Waals surface area contributed by atoms with Gasteiger partial charge in [-0.3, -0.25) is 4.79 Å². The summed E-state index contributed by atoms with van der Waals surface area (Å²) in [5.74, 6) is -0.0333. The second-order valence-electron chi connectivity index (χ2n) is 4.77. The van der Waals surface area contributed by atoms with Crippen LogP contribution in [0.25, 0.3) is 10.8 Å². The number of rotatable bonds is 5. The second-order valence-corrected chi connectivity index (χ2v) is 4.77. The lowest BCUT2D eigenvalue weighted by atomic mass is 10.1. The molecule has 0 saturated heterocycles. The number of nitrogens with one attached hydrogen (secondary N) is 1. The van der Waals surface area contributed by atoms with E-state index in [9.17, 15) is 4.79 Å². The number of carbonyl (C=O) groups is 1. The Bertz CT molecular complexity index is 565. The molecule has 19 heavy (non-hydrogen) atoms. The van der Waals surface area contributed by atoms with Gasteiger partial charge in [0.1, 0.15) is 0 Å². The molecule has 0 spiro atoms. The number of hydrogen-bond acceptors (Lipinski definition) is 2. The molecule has 2 aromatic rings. The van der Waals surface area contributed by atoms with Crippen LogP contribution in [0.4, 0.5) is 0 Å². The lowest BCUT2D eigenvalue weighted by molar-refractivity contribution is 0.0952. The molecule has 0 bridgehead atoms. The fourth-order valence-electron chi connectivity index (χ4n) is 2.01. The van der Waals surface area contributed by atoms with Crippen molar-refractivity contribution in [1.29, 1.82) is 0 Å². The van der Waals surface area contributed by atoms with E-state index in [0.29, 0.717) is 12.1 Å². The van der Waals surface area contributed by atoms with Gasteiger partial charge in [-0.1, -0.05) is 37.3 Å². The molecule has 0 aliphatic rings.